The Morgan fingerprint density at radius 2 is 1.55 bits per heavy atom. The van der Waals surface area contributed by atoms with Gasteiger partial charge in [-0.1, -0.05) is 17.7 Å². The van der Waals surface area contributed by atoms with Gasteiger partial charge in [-0.15, -0.1) is 0 Å². The van der Waals surface area contributed by atoms with Gasteiger partial charge in [0.1, 0.15) is 5.82 Å². The van der Waals surface area contributed by atoms with E-state index in [9.17, 15) is 4.39 Å². The topological polar surface area (TPSA) is 27.7 Å². The van der Waals surface area contributed by atoms with Crippen LogP contribution in [0, 0.1) is 12.7 Å². The second-order valence-electron chi connectivity index (χ2n) is 4.32. The van der Waals surface area contributed by atoms with Gasteiger partial charge in [0, 0.05) is 36.5 Å². The maximum Gasteiger partial charge on any atom is 0.505 e. The molecule has 0 amide bonds. The first-order valence-corrected chi connectivity index (χ1v) is 9.16. The molecule has 1 aromatic carbocycles. The van der Waals surface area contributed by atoms with Crippen LogP contribution in [-0.4, -0.2) is 28.6 Å². The molecular formula is C14H22ClFO3Si. The van der Waals surface area contributed by atoms with Gasteiger partial charge in [-0.2, -0.15) is 0 Å². The molecule has 0 aliphatic rings. The number of aryl methyl sites for hydroxylation is 1. The van der Waals surface area contributed by atoms with Crippen LogP contribution in [-0.2, 0) is 19.3 Å². The van der Waals surface area contributed by atoms with Crippen molar-refractivity contribution >= 4 is 20.4 Å². The number of benzene rings is 1. The third-order valence-electron chi connectivity index (χ3n) is 2.87. The van der Waals surface area contributed by atoms with Gasteiger partial charge in [0.25, 0.3) is 0 Å². The predicted octanol–water partition coefficient (Wildman–Crippen LogP) is 3.92. The molecule has 0 bridgehead atoms. The molecule has 20 heavy (non-hydrogen) atoms. The van der Waals surface area contributed by atoms with Gasteiger partial charge in [0.05, 0.1) is 0 Å². The van der Waals surface area contributed by atoms with Crippen LogP contribution in [0.1, 0.15) is 31.9 Å². The fourth-order valence-electron chi connectivity index (χ4n) is 2.03. The lowest BCUT2D eigenvalue weighted by atomic mass is 10.1. The zero-order valence-electron chi connectivity index (χ0n) is 12.5. The van der Waals surface area contributed by atoms with Gasteiger partial charge in [-0.3, -0.25) is 0 Å². The molecule has 0 aliphatic heterocycles. The minimum absolute atomic E-state index is 0.245. The lowest BCUT2D eigenvalue weighted by molar-refractivity contribution is 0.0701. The third-order valence-corrected chi connectivity index (χ3v) is 6.36. The molecular weight excluding hydrogens is 299 g/mol. The second-order valence-corrected chi connectivity index (χ2v) is 7.28. The summed E-state index contributed by atoms with van der Waals surface area (Å²) in [5.41, 5.74) is 1.24. The van der Waals surface area contributed by atoms with E-state index in [1.807, 2.05) is 27.7 Å². The second kappa shape index (κ2) is 8.10. The minimum Gasteiger partial charge on any atom is -0.374 e. The summed E-state index contributed by atoms with van der Waals surface area (Å²) in [6.45, 7) is 8.82. The minimum atomic E-state index is -2.95. The van der Waals surface area contributed by atoms with Crippen LogP contribution in [0.3, 0.4) is 0 Å². The Balaban J connectivity index is 3.14. The Hall–Kier alpha value is -0.463. The molecule has 0 spiro atoms. The van der Waals surface area contributed by atoms with E-state index in [2.05, 4.69) is 0 Å². The smallest absolute Gasteiger partial charge is 0.374 e. The van der Waals surface area contributed by atoms with Gasteiger partial charge in [-0.25, -0.2) is 4.39 Å². The standard InChI is InChI=1S/C14H22ClFO3Si/c1-5-17-20(18-6-2,19-7-3)10-12-13(16)9-8-11(4)14(12)15/h8-9H,5-7,10H2,1-4H3. The average molecular weight is 321 g/mol. The molecule has 1 rings (SSSR count). The van der Waals surface area contributed by atoms with Crippen molar-refractivity contribution in [3.63, 3.8) is 0 Å². The van der Waals surface area contributed by atoms with Gasteiger partial charge in [0.2, 0.25) is 0 Å². The fraction of sp³-hybridized carbons (Fsp3) is 0.571. The largest absolute Gasteiger partial charge is 0.505 e. The highest BCUT2D eigenvalue weighted by Crippen LogP contribution is 2.28. The maximum absolute atomic E-state index is 14.1. The highest BCUT2D eigenvalue weighted by atomic mass is 35.5. The summed E-state index contributed by atoms with van der Waals surface area (Å²) in [6.07, 6.45) is 0. The Morgan fingerprint density at radius 3 is 2.00 bits per heavy atom. The van der Waals surface area contributed by atoms with Crippen LogP contribution in [0.15, 0.2) is 12.1 Å². The van der Waals surface area contributed by atoms with E-state index >= 15 is 0 Å². The van der Waals surface area contributed by atoms with Crippen molar-refractivity contribution < 1.29 is 17.7 Å². The Morgan fingerprint density at radius 1 is 1.05 bits per heavy atom. The molecule has 0 N–H and O–H groups in total. The molecule has 0 heterocycles. The molecule has 0 fully saturated rings. The molecule has 0 aliphatic carbocycles. The quantitative estimate of drug-likeness (QED) is 0.679. The van der Waals surface area contributed by atoms with E-state index in [1.54, 1.807) is 6.07 Å². The zero-order chi connectivity index (χ0) is 15.2. The van der Waals surface area contributed by atoms with Crippen molar-refractivity contribution in [3.8, 4) is 0 Å². The first-order chi connectivity index (χ1) is 9.49. The molecule has 6 heteroatoms. The number of rotatable bonds is 8. The summed E-state index contributed by atoms with van der Waals surface area (Å²) < 4.78 is 31.3. The van der Waals surface area contributed by atoms with Crippen LogP contribution < -0.4 is 0 Å². The van der Waals surface area contributed by atoms with Crippen LogP contribution in [0.4, 0.5) is 4.39 Å². The first-order valence-electron chi connectivity index (χ1n) is 6.85. The van der Waals surface area contributed by atoms with E-state index < -0.39 is 8.80 Å². The van der Waals surface area contributed by atoms with Crippen molar-refractivity contribution in [3.05, 3.63) is 34.1 Å². The normalized spacial score (nSPS) is 11.9. The van der Waals surface area contributed by atoms with Gasteiger partial charge in [-0.05, 0) is 39.3 Å². The summed E-state index contributed by atoms with van der Waals surface area (Å²) in [5, 5.41) is 0.418. The Labute approximate surface area is 126 Å². The average Bonchev–Trinajstić information content (AvgIpc) is 2.40. The van der Waals surface area contributed by atoms with Crippen LogP contribution in [0.2, 0.25) is 5.02 Å². The highest BCUT2D eigenvalue weighted by molar-refractivity contribution is 6.60. The van der Waals surface area contributed by atoms with E-state index in [1.165, 1.54) is 6.07 Å². The summed E-state index contributed by atoms with van der Waals surface area (Å²) in [7, 11) is -2.95. The summed E-state index contributed by atoms with van der Waals surface area (Å²) in [5.74, 6) is -0.350. The van der Waals surface area contributed by atoms with Crippen molar-refractivity contribution in [2.24, 2.45) is 0 Å². The van der Waals surface area contributed by atoms with Gasteiger partial charge in [0.15, 0.2) is 0 Å². The van der Waals surface area contributed by atoms with Crippen molar-refractivity contribution in [2.75, 3.05) is 19.8 Å². The third kappa shape index (κ3) is 4.26. The Bertz CT molecular complexity index is 426. The first kappa shape index (κ1) is 17.6. The maximum atomic E-state index is 14.1. The van der Waals surface area contributed by atoms with E-state index in [4.69, 9.17) is 24.9 Å². The Kier molecular flexibility index (Phi) is 7.12. The predicted molar refractivity (Wildman–Crippen MR) is 80.5 cm³/mol. The molecule has 0 saturated heterocycles. The fourth-order valence-corrected chi connectivity index (χ4v) is 5.02. The molecule has 0 aromatic heterocycles. The van der Waals surface area contributed by atoms with Crippen LogP contribution >= 0.6 is 11.6 Å². The van der Waals surface area contributed by atoms with Crippen molar-refractivity contribution in [2.45, 2.75) is 33.7 Å². The lowest BCUT2D eigenvalue weighted by Crippen LogP contribution is -2.49. The highest BCUT2D eigenvalue weighted by Gasteiger charge is 2.42. The summed E-state index contributed by atoms with van der Waals surface area (Å²) in [6, 6.07) is 3.32. The van der Waals surface area contributed by atoms with Crippen molar-refractivity contribution in [1.82, 2.24) is 0 Å². The van der Waals surface area contributed by atoms with Gasteiger partial charge < -0.3 is 13.3 Å². The van der Waals surface area contributed by atoms with Crippen LogP contribution in [0.25, 0.3) is 0 Å². The number of halogens is 2. The van der Waals surface area contributed by atoms with E-state index in [0.717, 1.165) is 5.56 Å². The summed E-state index contributed by atoms with van der Waals surface area (Å²) >= 11 is 6.22. The molecule has 1 aromatic rings. The lowest BCUT2D eigenvalue weighted by Gasteiger charge is -2.29. The van der Waals surface area contributed by atoms with Gasteiger partial charge >= 0.3 is 8.80 Å². The number of hydrogen-bond donors (Lipinski definition) is 0. The summed E-state index contributed by atoms with van der Waals surface area (Å²) in [4.78, 5) is 0. The molecule has 0 atom stereocenters. The molecule has 0 saturated carbocycles. The zero-order valence-corrected chi connectivity index (χ0v) is 14.2. The molecule has 3 nitrogen and oxygen atoms in total. The SMILES string of the molecule is CCO[Si](Cc1c(F)ccc(C)c1Cl)(OCC)OCC. The van der Waals surface area contributed by atoms with Crippen molar-refractivity contribution in [1.29, 1.82) is 0 Å². The van der Waals surface area contributed by atoms with E-state index in [0.29, 0.717) is 30.4 Å². The molecule has 0 unspecified atom stereocenters. The van der Waals surface area contributed by atoms with E-state index in [-0.39, 0.29) is 11.9 Å². The number of hydrogen-bond acceptors (Lipinski definition) is 3. The monoisotopic (exact) mass is 320 g/mol. The molecule has 114 valence electrons. The van der Waals surface area contributed by atoms with Crippen LogP contribution in [0.5, 0.6) is 0 Å². The molecule has 0 radical (unpaired) electrons.